The minimum Gasteiger partial charge on any atom is -0.462 e. The molecule has 0 spiro atoms. The predicted molar refractivity (Wildman–Crippen MR) is 348 cm³/mol. The second-order valence-electron chi connectivity index (χ2n) is 23.1. The number of carbonyl (C=O) groups is 3. The van der Waals surface area contributed by atoms with Crippen LogP contribution in [0.15, 0.2) is 85.1 Å². The van der Waals surface area contributed by atoms with Crippen molar-refractivity contribution in [1.29, 1.82) is 0 Å². The summed E-state index contributed by atoms with van der Waals surface area (Å²) in [5, 5.41) is 0. The average Bonchev–Trinajstić information content (AvgIpc) is 3.46. The molecule has 0 aliphatic heterocycles. The summed E-state index contributed by atoms with van der Waals surface area (Å²) in [5.41, 5.74) is 0. The second kappa shape index (κ2) is 68.1. The van der Waals surface area contributed by atoms with Gasteiger partial charge < -0.3 is 14.2 Å². The molecule has 0 fully saturated rings. The van der Waals surface area contributed by atoms with E-state index < -0.39 is 6.10 Å². The molecule has 0 saturated heterocycles. The van der Waals surface area contributed by atoms with Crippen LogP contribution in [0.4, 0.5) is 0 Å². The summed E-state index contributed by atoms with van der Waals surface area (Å²) in [5.74, 6) is -0.867. The molecule has 0 bridgehead atoms. The summed E-state index contributed by atoms with van der Waals surface area (Å²) in [6.45, 7) is 6.56. The lowest BCUT2D eigenvalue weighted by Crippen LogP contribution is -2.30. The van der Waals surface area contributed by atoms with Gasteiger partial charge in [-0.2, -0.15) is 0 Å². The molecule has 0 amide bonds. The topological polar surface area (TPSA) is 78.9 Å². The number of allylic oxidation sites excluding steroid dienone is 14. The smallest absolute Gasteiger partial charge is 0.306 e. The fourth-order valence-corrected chi connectivity index (χ4v) is 9.97. The Kier molecular flexibility index (Phi) is 65.2. The van der Waals surface area contributed by atoms with Gasteiger partial charge in [0.1, 0.15) is 13.2 Å². The summed E-state index contributed by atoms with van der Waals surface area (Å²) in [6.07, 6.45) is 90.2. The molecule has 462 valence electrons. The molecule has 0 aliphatic carbocycles. The molecular formula is C74H130O6. The van der Waals surface area contributed by atoms with Gasteiger partial charge in [0.05, 0.1) is 0 Å². The zero-order valence-electron chi connectivity index (χ0n) is 53.1. The first-order chi connectivity index (χ1) is 39.5. The van der Waals surface area contributed by atoms with Crippen LogP contribution in [0.25, 0.3) is 0 Å². The maximum Gasteiger partial charge on any atom is 0.306 e. The molecule has 0 aromatic carbocycles. The summed E-state index contributed by atoms with van der Waals surface area (Å²) in [6, 6.07) is 0. The highest BCUT2D eigenvalue weighted by atomic mass is 16.6. The molecule has 80 heavy (non-hydrogen) atoms. The lowest BCUT2D eigenvalue weighted by molar-refractivity contribution is -0.167. The molecule has 0 aromatic rings. The van der Waals surface area contributed by atoms with Crippen molar-refractivity contribution < 1.29 is 28.6 Å². The van der Waals surface area contributed by atoms with E-state index in [1.165, 1.54) is 205 Å². The maximum atomic E-state index is 13.0. The third kappa shape index (κ3) is 65.4. The average molecular weight is 1120 g/mol. The summed E-state index contributed by atoms with van der Waals surface area (Å²) in [4.78, 5) is 38.4. The molecule has 0 N–H and O–H groups in total. The largest absolute Gasteiger partial charge is 0.462 e. The Bertz CT molecular complexity index is 1520. The number of rotatable bonds is 63. The molecule has 6 heteroatoms. The number of carbonyl (C=O) groups excluding carboxylic acids is 3. The van der Waals surface area contributed by atoms with Gasteiger partial charge in [-0.05, 0) is 96.3 Å². The Morgan fingerprint density at radius 3 is 0.762 bits per heavy atom. The van der Waals surface area contributed by atoms with E-state index >= 15 is 0 Å². The van der Waals surface area contributed by atoms with Gasteiger partial charge in [-0.15, -0.1) is 0 Å². The Morgan fingerprint density at radius 2 is 0.487 bits per heavy atom. The molecule has 0 rings (SSSR count). The van der Waals surface area contributed by atoms with E-state index in [2.05, 4.69) is 106 Å². The second-order valence-corrected chi connectivity index (χ2v) is 23.1. The third-order valence-electron chi connectivity index (χ3n) is 15.1. The van der Waals surface area contributed by atoms with Crippen molar-refractivity contribution >= 4 is 17.9 Å². The van der Waals surface area contributed by atoms with Crippen molar-refractivity contribution in [2.24, 2.45) is 0 Å². The quantitative estimate of drug-likeness (QED) is 0.0261. The van der Waals surface area contributed by atoms with Crippen LogP contribution in [0.5, 0.6) is 0 Å². The van der Waals surface area contributed by atoms with E-state index in [0.29, 0.717) is 19.3 Å². The zero-order valence-corrected chi connectivity index (χ0v) is 53.1. The van der Waals surface area contributed by atoms with Gasteiger partial charge in [0.2, 0.25) is 0 Å². The van der Waals surface area contributed by atoms with E-state index in [4.69, 9.17) is 14.2 Å². The molecule has 0 radical (unpaired) electrons. The number of ether oxygens (including phenoxy) is 3. The fraction of sp³-hybridized carbons (Fsp3) is 0.770. The normalized spacial score (nSPS) is 12.6. The highest BCUT2D eigenvalue weighted by Gasteiger charge is 2.19. The summed E-state index contributed by atoms with van der Waals surface area (Å²) < 4.78 is 17.0. The molecule has 0 saturated carbocycles. The first kappa shape index (κ1) is 76.6. The minimum absolute atomic E-state index is 0.0762. The monoisotopic (exact) mass is 1110 g/mol. The molecule has 1 unspecified atom stereocenters. The summed E-state index contributed by atoms with van der Waals surface area (Å²) >= 11 is 0. The lowest BCUT2D eigenvalue weighted by atomic mass is 10.0. The van der Waals surface area contributed by atoms with Crippen molar-refractivity contribution in [2.75, 3.05) is 13.2 Å². The SMILES string of the molecule is CC/C=C\C/C=C\C/C=C\C/C=C\CCCCCCCCCCCCCCC(=O)OCC(COC(=O)CCCCCCCCCCCCCCCC)OC(=O)CCCCCCCCCC/C=C\C/C=C\C/C=C\CCCCCCC. The molecule has 0 aliphatic rings. The Hall–Kier alpha value is -3.41. The van der Waals surface area contributed by atoms with Crippen LogP contribution in [0, 0.1) is 0 Å². The van der Waals surface area contributed by atoms with E-state index in [1.807, 2.05) is 0 Å². The van der Waals surface area contributed by atoms with Gasteiger partial charge in [0.15, 0.2) is 6.10 Å². The standard InChI is InChI=1S/C74H130O6/c1-4-7-10-13-16-19-22-25-28-30-32-34-36-37-39-40-42-44-46-49-52-55-58-61-64-67-73(76)79-70-71(69-78-72(75)66-63-60-57-54-51-48-27-24-21-18-15-12-9-6-3)80-74(77)68-65-62-59-56-53-50-47-45-43-41-38-35-33-31-29-26-23-20-17-14-11-8-5-2/h7,10,16,19,23,25-26,28,31-34,38,41,71H,4-6,8-9,11-15,17-18,20-22,24,27,29-30,35-37,39-40,42-70H2,1-3H3/b10-7-,19-16-,26-23-,28-25-,33-31-,34-32-,41-38-. The van der Waals surface area contributed by atoms with Gasteiger partial charge >= 0.3 is 17.9 Å². The van der Waals surface area contributed by atoms with Crippen LogP contribution in [0.3, 0.4) is 0 Å². The number of unbranched alkanes of at least 4 members (excludes halogenated alkanes) is 38. The van der Waals surface area contributed by atoms with Crippen molar-refractivity contribution in [1.82, 2.24) is 0 Å². The van der Waals surface area contributed by atoms with Crippen molar-refractivity contribution in [3.8, 4) is 0 Å². The molecule has 0 heterocycles. The first-order valence-corrected chi connectivity index (χ1v) is 34.6. The van der Waals surface area contributed by atoms with Crippen molar-refractivity contribution in [3.63, 3.8) is 0 Å². The Morgan fingerprint density at radius 1 is 0.263 bits per heavy atom. The summed E-state index contributed by atoms with van der Waals surface area (Å²) in [7, 11) is 0. The van der Waals surface area contributed by atoms with Crippen LogP contribution >= 0.6 is 0 Å². The van der Waals surface area contributed by atoms with Crippen LogP contribution in [-0.2, 0) is 28.6 Å². The van der Waals surface area contributed by atoms with Crippen LogP contribution < -0.4 is 0 Å². The molecular weight excluding hydrogens is 985 g/mol. The van der Waals surface area contributed by atoms with E-state index in [-0.39, 0.29) is 31.1 Å². The van der Waals surface area contributed by atoms with Crippen LogP contribution in [0.1, 0.15) is 348 Å². The van der Waals surface area contributed by atoms with E-state index in [1.54, 1.807) is 0 Å². The van der Waals surface area contributed by atoms with E-state index in [0.717, 1.165) is 103 Å². The number of hydrogen-bond donors (Lipinski definition) is 0. The molecule has 0 aromatic heterocycles. The van der Waals surface area contributed by atoms with E-state index in [9.17, 15) is 14.4 Å². The first-order valence-electron chi connectivity index (χ1n) is 34.6. The fourth-order valence-electron chi connectivity index (χ4n) is 9.97. The van der Waals surface area contributed by atoms with Crippen molar-refractivity contribution in [2.45, 2.75) is 354 Å². The van der Waals surface area contributed by atoms with Crippen LogP contribution in [0.2, 0.25) is 0 Å². The highest BCUT2D eigenvalue weighted by Crippen LogP contribution is 2.17. The number of esters is 3. The Labute approximate surface area is 496 Å². The van der Waals surface area contributed by atoms with Gasteiger partial charge in [-0.25, -0.2) is 0 Å². The maximum absolute atomic E-state index is 13.0. The van der Waals surface area contributed by atoms with Gasteiger partial charge in [0.25, 0.3) is 0 Å². The highest BCUT2D eigenvalue weighted by molar-refractivity contribution is 5.71. The van der Waals surface area contributed by atoms with Gasteiger partial charge in [-0.1, -0.05) is 318 Å². The van der Waals surface area contributed by atoms with Crippen LogP contribution in [-0.4, -0.2) is 37.2 Å². The molecule has 6 nitrogen and oxygen atoms in total. The Balaban J connectivity index is 4.32. The van der Waals surface area contributed by atoms with Gasteiger partial charge in [0, 0.05) is 19.3 Å². The minimum atomic E-state index is -0.781. The lowest BCUT2D eigenvalue weighted by Gasteiger charge is -2.18. The number of hydrogen-bond acceptors (Lipinski definition) is 6. The third-order valence-corrected chi connectivity index (χ3v) is 15.1. The zero-order chi connectivity index (χ0) is 57.8. The van der Waals surface area contributed by atoms with Crippen molar-refractivity contribution in [3.05, 3.63) is 85.1 Å². The van der Waals surface area contributed by atoms with Gasteiger partial charge in [-0.3, -0.25) is 14.4 Å². The predicted octanol–water partition coefficient (Wildman–Crippen LogP) is 23.8. The molecule has 1 atom stereocenters.